The van der Waals surface area contributed by atoms with Gasteiger partial charge in [-0.2, -0.15) is 0 Å². The van der Waals surface area contributed by atoms with Crippen LogP contribution in [0.4, 0.5) is 5.69 Å². The van der Waals surface area contributed by atoms with Crippen LogP contribution in [0, 0.1) is 0 Å². The van der Waals surface area contributed by atoms with Crippen molar-refractivity contribution in [3.05, 3.63) is 48.5 Å². The second-order valence-corrected chi connectivity index (χ2v) is 9.38. The van der Waals surface area contributed by atoms with Crippen LogP contribution in [-0.2, 0) is 19.3 Å². The van der Waals surface area contributed by atoms with Gasteiger partial charge in [0.15, 0.2) is 0 Å². The zero-order valence-electron chi connectivity index (χ0n) is 16.1. The number of benzene rings is 2. The average molecular weight is 389 g/mol. The molecule has 0 unspecified atom stereocenters. The Morgan fingerprint density at radius 1 is 0.963 bits per heavy atom. The largest absolute Gasteiger partial charge is 0.498 e. The van der Waals surface area contributed by atoms with Crippen molar-refractivity contribution in [1.29, 1.82) is 0 Å². The lowest BCUT2D eigenvalue weighted by atomic mass is 9.78. The van der Waals surface area contributed by atoms with Crippen LogP contribution in [-0.4, -0.2) is 33.0 Å². The summed E-state index contributed by atoms with van der Waals surface area (Å²) in [5.41, 5.74) is -0.0158. The third kappa shape index (κ3) is 4.46. The van der Waals surface area contributed by atoms with Gasteiger partial charge in [-0.05, 0) is 58.0 Å². The third-order valence-corrected chi connectivity index (χ3v) is 5.40. The van der Waals surface area contributed by atoms with Crippen LogP contribution < -0.4 is 14.9 Å². The number of hydrogen-bond donors (Lipinski definition) is 1. The molecule has 1 saturated heterocycles. The van der Waals surface area contributed by atoms with Gasteiger partial charge in [0.05, 0.1) is 17.5 Å². The first-order valence-corrected chi connectivity index (χ1v) is 10.6. The van der Waals surface area contributed by atoms with E-state index in [0.29, 0.717) is 22.6 Å². The van der Waals surface area contributed by atoms with Crippen LogP contribution in [0.3, 0.4) is 0 Å². The molecule has 1 N–H and O–H groups in total. The SMILES string of the molecule is CC1(C)OB(c2cc(NS(C)(=O)=O)ccc2Oc2ccccc2)OC1(C)C. The summed E-state index contributed by atoms with van der Waals surface area (Å²) in [5.74, 6) is 1.21. The van der Waals surface area contributed by atoms with Crippen LogP contribution in [0.5, 0.6) is 11.5 Å². The van der Waals surface area contributed by atoms with Gasteiger partial charge in [-0.1, -0.05) is 18.2 Å². The molecule has 6 nitrogen and oxygen atoms in total. The molecule has 0 atom stereocenters. The molecule has 0 aliphatic carbocycles. The Labute approximate surface area is 161 Å². The van der Waals surface area contributed by atoms with Crippen LogP contribution in [0.2, 0.25) is 0 Å². The molecule has 1 heterocycles. The highest BCUT2D eigenvalue weighted by molar-refractivity contribution is 7.92. The van der Waals surface area contributed by atoms with Crippen molar-refractivity contribution in [1.82, 2.24) is 0 Å². The molecule has 0 saturated carbocycles. The summed E-state index contributed by atoms with van der Waals surface area (Å²) < 4.78 is 44.0. The summed E-state index contributed by atoms with van der Waals surface area (Å²) in [5, 5.41) is 0. The van der Waals surface area contributed by atoms with Crippen molar-refractivity contribution in [2.45, 2.75) is 38.9 Å². The molecule has 2 aromatic carbocycles. The molecule has 0 radical (unpaired) electrons. The highest BCUT2D eigenvalue weighted by Crippen LogP contribution is 2.37. The molecule has 8 heteroatoms. The van der Waals surface area contributed by atoms with Crippen LogP contribution >= 0.6 is 0 Å². The molecule has 0 aromatic heterocycles. The first-order chi connectivity index (χ1) is 12.5. The first-order valence-electron chi connectivity index (χ1n) is 8.67. The standard InChI is InChI=1S/C19H24BNO5S/c1-18(2)19(3,4)26-20(25-18)16-13-14(21-27(5,22)23)11-12-17(16)24-15-9-7-6-8-10-15/h6-13,21H,1-5H3. The normalized spacial score (nSPS) is 18.3. The number of hydrogen-bond acceptors (Lipinski definition) is 5. The predicted octanol–water partition coefficient (Wildman–Crippen LogP) is 3.15. The number of nitrogens with one attached hydrogen (secondary N) is 1. The Balaban J connectivity index is 2.01. The van der Waals surface area contributed by atoms with E-state index >= 15 is 0 Å². The van der Waals surface area contributed by atoms with Gasteiger partial charge >= 0.3 is 7.12 Å². The smallest absolute Gasteiger partial charge is 0.458 e. The lowest BCUT2D eigenvalue weighted by Gasteiger charge is -2.32. The van der Waals surface area contributed by atoms with Gasteiger partial charge in [0.2, 0.25) is 10.0 Å². The zero-order valence-corrected chi connectivity index (χ0v) is 17.0. The van der Waals surface area contributed by atoms with E-state index in [1.54, 1.807) is 18.2 Å². The van der Waals surface area contributed by atoms with Crippen LogP contribution in [0.25, 0.3) is 0 Å². The van der Waals surface area contributed by atoms with Gasteiger partial charge < -0.3 is 14.0 Å². The van der Waals surface area contributed by atoms with Crippen molar-refractivity contribution in [3.63, 3.8) is 0 Å². The molecule has 1 fully saturated rings. The molecule has 27 heavy (non-hydrogen) atoms. The molecule has 0 bridgehead atoms. The number of rotatable bonds is 5. The average Bonchev–Trinajstić information content (AvgIpc) is 2.76. The predicted molar refractivity (Wildman–Crippen MR) is 107 cm³/mol. The van der Waals surface area contributed by atoms with Gasteiger partial charge in [0, 0.05) is 11.2 Å². The maximum Gasteiger partial charge on any atom is 0.498 e. The maximum atomic E-state index is 11.6. The van der Waals surface area contributed by atoms with Crippen molar-refractivity contribution in [2.24, 2.45) is 0 Å². The van der Waals surface area contributed by atoms with Gasteiger partial charge in [-0.15, -0.1) is 0 Å². The fourth-order valence-electron chi connectivity index (χ4n) is 2.69. The fraction of sp³-hybridized carbons (Fsp3) is 0.368. The van der Waals surface area contributed by atoms with Crippen molar-refractivity contribution >= 4 is 28.3 Å². The van der Waals surface area contributed by atoms with Gasteiger partial charge in [-0.3, -0.25) is 4.72 Å². The van der Waals surface area contributed by atoms with E-state index in [0.717, 1.165) is 6.26 Å². The second kappa shape index (κ2) is 6.85. The third-order valence-electron chi connectivity index (χ3n) is 4.79. The molecule has 144 valence electrons. The quantitative estimate of drug-likeness (QED) is 0.796. The van der Waals surface area contributed by atoms with Gasteiger partial charge in [0.1, 0.15) is 11.5 Å². The Morgan fingerprint density at radius 2 is 1.56 bits per heavy atom. The molecular weight excluding hydrogens is 365 g/mol. The Bertz CT molecular complexity index is 912. The van der Waals surface area contributed by atoms with Crippen molar-refractivity contribution in [3.8, 4) is 11.5 Å². The van der Waals surface area contributed by atoms with Crippen LogP contribution in [0.15, 0.2) is 48.5 Å². The molecular formula is C19H24BNO5S. The number of ether oxygens (including phenoxy) is 1. The fourth-order valence-corrected chi connectivity index (χ4v) is 3.24. The van der Waals surface area contributed by atoms with Gasteiger partial charge in [0.25, 0.3) is 0 Å². The van der Waals surface area contributed by atoms with Crippen molar-refractivity contribution < 1.29 is 22.5 Å². The molecule has 1 aliphatic heterocycles. The molecule has 3 rings (SSSR count). The van der Waals surface area contributed by atoms with Gasteiger partial charge in [-0.25, -0.2) is 8.42 Å². The lowest BCUT2D eigenvalue weighted by molar-refractivity contribution is 0.00578. The minimum Gasteiger partial charge on any atom is -0.458 e. The van der Waals surface area contributed by atoms with E-state index in [4.69, 9.17) is 14.0 Å². The van der Waals surface area contributed by atoms with E-state index in [2.05, 4.69) is 4.72 Å². The molecule has 2 aromatic rings. The molecule has 0 spiro atoms. The summed E-state index contributed by atoms with van der Waals surface area (Å²) in [7, 11) is -4.09. The monoisotopic (exact) mass is 389 g/mol. The Morgan fingerprint density at radius 3 is 2.11 bits per heavy atom. The van der Waals surface area contributed by atoms with E-state index in [1.807, 2.05) is 58.0 Å². The Kier molecular flexibility index (Phi) is 5.01. The Hall–Kier alpha value is -2.03. The summed E-state index contributed by atoms with van der Waals surface area (Å²) in [6, 6.07) is 14.4. The first kappa shape index (κ1) is 19.7. The minimum atomic E-state index is -3.41. The maximum absolute atomic E-state index is 11.6. The lowest BCUT2D eigenvalue weighted by Crippen LogP contribution is -2.41. The summed E-state index contributed by atoms with van der Waals surface area (Å²) in [6.07, 6.45) is 1.11. The number of anilines is 1. The van der Waals surface area contributed by atoms with E-state index < -0.39 is 28.3 Å². The number of sulfonamides is 1. The van der Waals surface area contributed by atoms with Crippen molar-refractivity contribution in [2.75, 3.05) is 11.0 Å². The summed E-state index contributed by atoms with van der Waals surface area (Å²) in [4.78, 5) is 0. The van der Waals surface area contributed by atoms with Crippen LogP contribution in [0.1, 0.15) is 27.7 Å². The number of para-hydroxylation sites is 1. The van der Waals surface area contributed by atoms with E-state index in [-0.39, 0.29) is 0 Å². The summed E-state index contributed by atoms with van der Waals surface area (Å²) >= 11 is 0. The topological polar surface area (TPSA) is 73.9 Å². The van der Waals surface area contributed by atoms with E-state index in [1.165, 1.54) is 0 Å². The minimum absolute atomic E-state index is 0.419. The highest BCUT2D eigenvalue weighted by Gasteiger charge is 2.52. The zero-order chi connectivity index (χ0) is 19.9. The second-order valence-electron chi connectivity index (χ2n) is 7.63. The molecule has 0 amide bonds. The molecule has 1 aliphatic rings. The summed E-state index contributed by atoms with van der Waals surface area (Å²) in [6.45, 7) is 7.85. The van der Waals surface area contributed by atoms with E-state index in [9.17, 15) is 8.42 Å². The highest BCUT2D eigenvalue weighted by atomic mass is 32.2.